The minimum Gasteiger partial charge on any atom is -0.481 e. The maximum atomic E-state index is 12.0. The Morgan fingerprint density at radius 3 is 2.59 bits per heavy atom. The molecule has 17 heavy (non-hydrogen) atoms. The Labute approximate surface area is 104 Å². The number of carbonyl (C=O) groups is 2. The average Bonchev–Trinajstić information content (AvgIpc) is 2.62. The van der Waals surface area contributed by atoms with E-state index in [0.29, 0.717) is 13.1 Å². The molecule has 1 aromatic rings. The van der Waals surface area contributed by atoms with E-state index in [0.717, 1.165) is 9.75 Å². The molecule has 1 aliphatic heterocycles. The molecule has 1 amide bonds. The van der Waals surface area contributed by atoms with Gasteiger partial charge in [0.05, 0.1) is 10.8 Å². The van der Waals surface area contributed by atoms with E-state index in [1.165, 1.54) is 11.3 Å². The first-order valence-corrected chi connectivity index (χ1v) is 6.39. The van der Waals surface area contributed by atoms with Gasteiger partial charge in [-0.05, 0) is 19.1 Å². The molecular formula is C12H15NO3S. The van der Waals surface area contributed by atoms with Crippen molar-refractivity contribution >= 4 is 23.2 Å². The second kappa shape index (κ2) is 4.49. The first-order valence-electron chi connectivity index (χ1n) is 5.57. The standard InChI is InChI=1S/C12H15NO3S/c1-7-3-4-10(17-7)11(14)13-5-9(6-13)8(2)12(15)16/h3-4,8-9H,5-6H2,1-2H3,(H,15,16). The van der Waals surface area contributed by atoms with E-state index in [1.54, 1.807) is 11.8 Å². The molecule has 1 N–H and O–H groups in total. The predicted molar refractivity (Wildman–Crippen MR) is 65.2 cm³/mol. The van der Waals surface area contributed by atoms with Crippen LogP contribution >= 0.6 is 11.3 Å². The monoisotopic (exact) mass is 253 g/mol. The lowest BCUT2D eigenvalue weighted by atomic mass is 9.87. The van der Waals surface area contributed by atoms with Crippen LogP contribution in [-0.2, 0) is 4.79 Å². The van der Waals surface area contributed by atoms with Gasteiger partial charge in [-0.1, -0.05) is 6.92 Å². The summed E-state index contributed by atoms with van der Waals surface area (Å²) in [5.74, 6) is -1.03. The first kappa shape index (κ1) is 12.1. The largest absolute Gasteiger partial charge is 0.481 e. The fraction of sp³-hybridized carbons (Fsp3) is 0.500. The van der Waals surface area contributed by atoms with Crippen molar-refractivity contribution < 1.29 is 14.7 Å². The fourth-order valence-corrected chi connectivity index (χ4v) is 2.74. The minimum absolute atomic E-state index is 0.0249. The van der Waals surface area contributed by atoms with Gasteiger partial charge in [-0.2, -0.15) is 0 Å². The van der Waals surface area contributed by atoms with Crippen LogP contribution in [0.1, 0.15) is 21.5 Å². The zero-order valence-electron chi connectivity index (χ0n) is 9.84. The van der Waals surface area contributed by atoms with Crippen molar-refractivity contribution in [2.45, 2.75) is 13.8 Å². The Balaban J connectivity index is 1.92. The number of aryl methyl sites for hydroxylation is 1. The highest BCUT2D eigenvalue weighted by Crippen LogP contribution is 2.27. The Morgan fingerprint density at radius 2 is 2.12 bits per heavy atom. The van der Waals surface area contributed by atoms with Crippen LogP contribution in [0.2, 0.25) is 0 Å². The van der Waals surface area contributed by atoms with Gasteiger partial charge in [-0.25, -0.2) is 0 Å². The summed E-state index contributed by atoms with van der Waals surface area (Å²) in [7, 11) is 0. The fourth-order valence-electron chi connectivity index (χ4n) is 1.90. The molecule has 0 bridgehead atoms. The summed E-state index contributed by atoms with van der Waals surface area (Å²) in [6, 6.07) is 3.76. The van der Waals surface area contributed by atoms with Gasteiger partial charge >= 0.3 is 5.97 Å². The topological polar surface area (TPSA) is 57.6 Å². The van der Waals surface area contributed by atoms with Crippen molar-refractivity contribution in [1.82, 2.24) is 4.90 Å². The van der Waals surface area contributed by atoms with Gasteiger partial charge in [-0.15, -0.1) is 11.3 Å². The number of thiophene rings is 1. The molecule has 1 atom stereocenters. The molecule has 1 aliphatic rings. The maximum Gasteiger partial charge on any atom is 0.306 e. The van der Waals surface area contributed by atoms with Crippen LogP contribution in [0.4, 0.5) is 0 Å². The highest BCUT2D eigenvalue weighted by atomic mass is 32.1. The summed E-state index contributed by atoms with van der Waals surface area (Å²) < 4.78 is 0. The van der Waals surface area contributed by atoms with Gasteiger partial charge in [0, 0.05) is 23.9 Å². The summed E-state index contributed by atoms with van der Waals surface area (Å²) >= 11 is 1.48. The lowest BCUT2D eigenvalue weighted by Gasteiger charge is -2.40. The third-order valence-electron chi connectivity index (χ3n) is 3.24. The van der Waals surface area contributed by atoms with Gasteiger partial charge < -0.3 is 10.0 Å². The number of carboxylic acid groups (broad SMARTS) is 1. The van der Waals surface area contributed by atoms with Crippen molar-refractivity contribution in [1.29, 1.82) is 0 Å². The Kier molecular flexibility index (Phi) is 3.19. The van der Waals surface area contributed by atoms with Gasteiger partial charge in [0.25, 0.3) is 5.91 Å². The molecule has 0 aromatic carbocycles. The van der Waals surface area contributed by atoms with Crippen LogP contribution < -0.4 is 0 Å². The second-order valence-corrected chi connectivity index (χ2v) is 5.80. The van der Waals surface area contributed by atoms with Gasteiger partial charge in [0.15, 0.2) is 0 Å². The van der Waals surface area contributed by atoms with Gasteiger partial charge in [-0.3, -0.25) is 9.59 Å². The number of hydrogen-bond donors (Lipinski definition) is 1. The van der Waals surface area contributed by atoms with E-state index < -0.39 is 5.97 Å². The summed E-state index contributed by atoms with van der Waals surface area (Å²) in [5, 5.41) is 8.86. The van der Waals surface area contributed by atoms with E-state index in [1.807, 2.05) is 19.1 Å². The number of likely N-dealkylation sites (tertiary alicyclic amines) is 1. The molecule has 1 saturated heterocycles. The van der Waals surface area contributed by atoms with E-state index in [2.05, 4.69) is 0 Å². The Bertz CT molecular complexity index is 448. The highest BCUT2D eigenvalue weighted by Gasteiger charge is 2.37. The molecule has 0 spiro atoms. The highest BCUT2D eigenvalue weighted by molar-refractivity contribution is 7.13. The van der Waals surface area contributed by atoms with Crippen LogP contribution in [-0.4, -0.2) is 35.0 Å². The predicted octanol–water partition coefficient (Wildman–Crippen LogP) is 1.85. The SMILES string of the molecule is Cc1ccc(C(=O)N2CC(C(C)C(=O)O)C2)s1. The molecule has 4 nitrogen and oxygen atoms in total. The van der Waals surface area contributed by atoms with Crippen molar-refractivity contribution in [3.8, 4) is 0 Å². The molecule has 2 heterocycles. The number of hydrogen-bond acceptors (Lipinski definition) is 3. The number of amides is 1. The van der Waals surface area contributed by atoms with Crippen LogP contribution in [0.25, 0.3) is 0 Å². The third-order valence-corrected chi connectivity index (χ3v) is 4.23. The summed E-state index contributed by atoms with van der Waals surface area (Å²) in [4.78, 5) is 26.3. The smallest absolute Gasteiger partial charge is 0.306 e. The van der Waals surface area contributed by atoms with Crippen LogP contribution in [0.15, 0.2) is 12.1 Å². The molecule has 1 aromatic heterocycles. The molecule has 2 rings (SSSR count). The lowest BCUT2D eigenvalue weighted by molar-refractivity contribution is -0.144. The van der Waals surface area contributed by atoms with Crippen LogP contribution in [0, 0.1) is 18.8 Å². The van der Waals surface area contributed by atoms with Crippen molar-refractivity contribution in [2.75, 3.05) is 13.1 Å². The maximum absolute atomic E-state index is 12.0. The quantitative estimate of drug-likeness (QED) is 0.894. The molecule has 0 radical (unpaired) electrons. The van der Waals surface area contributed by atoms with E-state index in [9.17, 15) is 9.59 Å². The molecule has 1 fully saturated rings. The summed E-state index contributed by atoms with van der Waals surface area (Å²) in [6.07, 6.45) is 0. The first-order chi connectivity index (χ1) is 7.99. The van der Waals surface area contributed by atoms with Crippen LogP contribution in [0.3, 0.4) is 0 Å². The van der Waals surface area contributed by atoms with Gasteiger partial charge in [0.2, 0.25) is 0 Å². The molecule has 0 saturated carbocycles. The van der Waals surface area contributed by atoms with E-state index in [4.69, 9.17) is 5.11 Å². The average molecular weight is 253 g/mol. The minimum atomic E-state index is -0.783. The Morgan fingerprint density at radius 1 is 1.47 bits per heavy atom. The Hall–Kier alpha value is -1.36. The summed E-state index contributed by atoms with van der Waals surface area (Å²) in [6.45, 7) is 4.78. The number of nitrogens with zero attached hydrogens (tertiary/aromatic N) is 1. The zero-order valence-corrected chi connectivity index (χ0v) is 10.7. The van der Waals surface area contributed by atoms with Crippen molar-refractivity contribution in [3.63, 3.8) is 0 Å². The van der Waals surface area contributed by atoms with Crippen molar-refractivity contribution in [3.05, 3.63) is 21.9 Å². The van der Waals surface area contributed by atoms with Crippen LogP contribution in [0.5, 0.6) is 0 Å². The normalized spacial score (nSPS) is 17.6. The zero-order chi connectivity index (χ0) is 12.6. The molecule has 92 valence electrons. The number of carboxylic acids is 1. The van der Waals surface area contributed by atoms with E-state index >= 15 is 0 Å². The summed E-state index contributed by atoms with van der Waals surface area (Å²) in [5.41, 5.74) is 0. The third kappa shape index (κ3) is 2.34. The number of rotatable bonds is 3. The number of aliphatic carboxylic acids is 1. The molecular weight excluding hydrogens is 238 g/mol. The van der Waals surface area contributed by atoms with E-state index in [-0.39, 0.29) is 17.7 Å². The number of carbonyl (C=O) groups excluding carboxylic acids is 1. The van der Waals surface area contributed by atoms with Crippen molar-refractivity contribution in [2.24, 2.45) is 11.8 Å². The molecule has 5 heteroatoms. The van der Waals surface area contributed by atoms with Gasteiger partial charge in [0.1, 0.15) is 0 Å². The molecule has 0 aliphatic carbocycles. The molecule has 1 unspecified atom stereocenters. The second-order valence-electron chi connectivity index (χ2n) is 4.51. The lowest BCUT2D eigenvalue weighted by Crippen LogP contribution is -2.53.